The van der Waals surface area contributed by atoms with Crippen molar-refractivity contribution >= 4 is 21.9 Å². The molecule has 57 heavy (non-hydrogen) atoms. The summed E-state index contributed by atoms with van der Waals surface area (Å²) < 4.78 is 13.3. The van der Waals surface area contributed by atoms with E-state index in [0.29, 0.717) is 45.4 Å². The van der Waals surface area contributed by atoms with Crippen LogP contribution in [-0.4, -0.2) is 25.4 Å². The number of hydrogen-bond acceptors (Lipinski definition) is 7. The molecule has 0 bridgehead atoms. The minimum absolute atomic E-state index is 0. The zero-order chi connectivity index (χ0) is 39.4. The summed E-state index contributed by atoms with van der Waals surface area (Å²) in [6.45, 7) is 19.4. The molecule has 0 N–H and O–H groups in total. The number of rotatable bonds is 6. The van der Waals surface area contributed by atoms with E-state index < -0.39 is 0 Å². The topological polar surface area (TPSA) is 86.8 Å². The average Bonchev–Trinajstić information content (AvgIpc) is 3.61. The molecule has 5 aromatic carbocycles. The second-order valence-corrected chi connectivity index (χ2v) is 17.4. The zero-order valence-corrected chi connectivity index (χ0v) is 36.0. The summed E-state index contributed by atoms with van der Waals surface area (Å²) in [6.07, 6.45) is 0. The van der Waals surface area contributed by atoms with Crippen molar-refractivity contribution in [3.05, 3.63) is 138 Å². The monoisotopic (exact) mass is 930 g/mol. The molecule has 8 aromatic rings. The van der Waals surface area contributed by atoms with E-state index in [0.717, 1.165) is 44.4 Å². The number of ether oxygens (including phenoxy) is 1. The van der Waals surface area contributed by atoms with Gasteiger partial charge < -0.3 is 9.15 Å². The van der Waals surface area contributed by atoms with Crippen molar-refractivity contribution < 1.29 is 30.2 Å². The van der Waals surface area contributed by atoms with E-state index in [9.17, 15) is 0 Å². The minimum Gasteiger partial charge on any atom is -0.496 e. The van der Waals surface area contributed by atoms with Gasteiger partial charge in [-0.2, -0.15) is 10.2 Å². The molecule has 0 aliphatic rings. The molecule has 0 unspecified atom stereocenters. The second-order valence-electron chi connectivity index (χ2n) is 17.4. The predicted octanol–water partition coefficient (Wildman–Crippen LogP) is 12.5. The van der Waals surface area contributed by atoms with Gasteiger partial charge in [-0.25, -0.2) is 15.2 Å². The van der Waals surface area contributed by atoms with E-state index >= 15 is 0 Å². The van der Waals surface area contributed by atoms with Crippen LogP contribution in [-0.2, 0) is 37.3 Å². The van der Waals surface area contributed by atoms with Crippen LogP contribution in [0.3, 0.4) is 0 Å². The van der Waals surface area contributed by atoms with E-state index in [-0.39, 0.29) is 37.3 Å². The fraction of sp³-hybridized carbons (Fsp3) is 0.245. The molecule has 0 fully saturated rings. The van der Waals surface area contributed by atoms with E-state index in [2.05, 4.69) is 131 Å². The fourth-order valence-electron chi connectivity index (χ4n) is 6.69. The van der Waals surface area contributed by atoms with E-state index in [1.807, 2.05) is 72.8 Å². The normalized spacial score (nSPS) is 12.2. The Morgan fingerprint density at radius 1 is 0.544 bits per heavy atom. The molecule has 0 saturated carbocycles. The largest absolute Gasteiger partial charge is 2.00 e. The average molecular weight is 931 g/mol. The molecular formula is C49H45N5O2Pt. The molecular weight excluding hydrogens is 886 g/mol. The van der Waals surface area contributed by atoms with Crippen LogP contribution in [0.4, 0.5) is 0 Å². The van der Waals surface area contributed by atoms with E-state index in [1.54, 1.807) is 0 Å². The van der Waals surface area contributed by atoms with Gasteiger partial charge in [0.05, 0.1) is 17.0 Å². The van der Waals surface area contributed by atoms with Crippen molar-refractivity contribution in [2.75, 3.05) is 0 Å². The maximum Gasteiger partial charge on any atom is 2.00 e. The molecule has 0 amide bonds. The first-order valence-corrected chi connectivity index (χ1v) is 19.0. The Morgan fingerprint density at radius 2 is 1.12 bits per heavy atom. The number of hydrogen-bond donors (Lipinski definition) is 0. The summed E-state index contributed by atoms with van der Waals surface area (Å²) in [6, 6.07) is 43.8. The molecule has 8 heteroatoms. The molecule has 0 atom stereocenters. The Hall–Kier alpha value is -5.52. The van der Waals surface area contributed by atoms with Gasteiger partial charge in [0, 0.05) is 44.8 Å². The molecule has 0 spiro atoms. The van der Waals surface area contributed by atoms with Crippen molar-refractivity contribution in [2.24, 2.45) is 0 Å². The third kappa shape index (κ3) is 8.17. The number of aromatic nitrogens is 5. The molecule has 0 saturated heterocycles. The van der Waals surface area contributed by atoms with Crippen LogP contribution >= 0.6 is 0 Å². The van der Waals surface area contributed by atoms with Crippen molar-refractivity contribution in [1.29, 1.82) is 0 Å². The SMILES string of the molecule is CC(C)(C)c1ccc2c(-c3ccc(C(C)(C)C)nn3)[c-]c(Oc3[c-]c(-c4ccc(C(C)(C)C)nn4)c4oc(-c5ccccc5-c5ccccc5)nc4c3)cc2c1.[Pt+2]. The summed E-state index contributed by atoms with van der Waals surface area (Å²) in [5, 5.41) is 20.6. The van der Waals surface area contributed by atoms with Crippen LogP contribution in [0.5, 0.6) is 11.5 Å². The maximum absolute atomic E-state index is 6.72. The van der Waals surface area contributed by atoms with Gasteiger partial charge in [0.1, 0.15) is 0 Å². The Labute approximate surface area is 349 Å². The van der Waals surface area contributed by atoms with Gasteiger partial charge in [0.25, 0.3) is 0 Å². The summed E-state index contributed by atoms with van der Waals surface area (Å²) in [5.74, 6) is 1.43. The maximum atomic E-state index is 6.72. The van der Waals surface area contributed by atoms with Gasteiger partial charge in [-0.1, -0.05) is 182 Å². The van der Waals surface area contributed by atoms with Gasteiger partial charge in [-0.05, 0) is 40.3 Å². The Morgan fingerprint density at radius 3 is 1.72 bits per heavy atom. The van der Waals surface area contributed by atoms with Gasteiger partial charge in [0.2, 0.25) is 5.89 Å². The van der Waals surface area contributed by atoms with Crippen LogP contribution in [0, 0.1) is 12.1 Å². The Kier molecular flexibility index (Phi) is 10.5. The van der Waals surface area contributed by atoms with Crippen LogP contribution in [0.25, 0.3) is 67.0 Å². The third-order valence-electron chi connectivity index (χ3n) is 9.96. The van der Waals surface area contributed by atoms with Gasteiger partial charge in [-0.15, -0.1) is 5.56 Å². The van der Waals surface area contributed by atoms with Gasteiger partial charge >= 0.3 is 21.1 Å². The molecule has 0 radical (unpaired) electrons. The number of fused-ring (bicyclic) bond motifs is 2. The van der Waals surface area contributed by atoms with Crippen LogP contribution < -0.4 is 4.74 Å². The Bertz CT molecular complexity index is 2700. The van der Waals surface area contributed by atoms with Crippen molar-refractivity contribution in [3.8, 4) is 56.6 Å². The molecule has 288 valence electrons. The van der Waals surface area contributed by atoms with E-state index in [1.165, 1.54) is 5.56 Å². The number of oxazole rings is 1. The standard InChI is InChI=1S/C49H45N5O2.Pt/c1-47(2,3)32-19-20-36-31(25-32)26-33(27-38(36)40-21-23-43(53-51-40)48(4,5)6)55-34-28-39(41-22-24-44(54-52-41)49(7,8)9)45-42(29-34)50-46(56-45)37-18-14-13-17-35(37)30-15-11-10-12-16-30;/h10-26,29H,1-9H3;/q-2;+2. The molecule has 8 rings (SSSR count). The number of benzene rings is 5. The predicted molar refractivity (Wildman–Crippen MR) is 225 cm³/mol. The van der Waals surface area contributed by atoms with Gasteiger partial charge in [0.15, 0.2) is 0 Å². The fourth-order valence-corrected chi connectivity index (χ4v) is 6.69. The summed E-state index contributed by atoms with van der Waals surface area (Å²) in [5.41, 5.74) is 9.48. The first-order chi connectivity index (χ1) is 26.6. The molecule has 7 nitrogen and oxygen atoms in total. The first kappa shape index (κ1) is 39.7. The molecule has 0 aliphatic carbocycles. The molecule has 3 heterocycles. The minimum atomic E-state index is -0.163. The van der Waals surface area contributed by atoms with Gasteiger partial charge in [-0.3, -0.25) is 0 Å². The second kappa shape index (κ2) is 15.1. The van der Waals surface area contributed by atoms with Crippen LogP contribution in [0.2, 0.25) is 0 Å². The van der Waals surface area contributed by atoms with Crippen molar-refractivity contribution in [1.82, 2.24) is 25.4 Å². The summed E-state index contributed by atoms with van der Waals surface area (Å²) in [4.78, 5) is 5.05. The Balaban J connectivity index is 0.00000496. The van der Waals surface area contributed by atoms with Crippen LogP contribution in [0.1, 0.15) is 79.3 Å². The molecule has 3 aromatic heterocycles. The van der Waals surface area contributed by atoms with Crippen LogP contribution in [0.15, 0.2) is 114 Å². The van der Waals surface area contributed by atoms with Crippen molar-refractivity contribution in [2.45, 2.75) is 78.6 Å². The smallest absolute Gasteiger partial charge is 0.496 e. The number of nitrogens with zero attached hydrogens (tertiary/aromatic N) is 5. The summed E-state index contributed by atoms with van der Waals surface area (Å²) >= 11 is 0. The zero-order valence-electron chi connectivity index (χ0n) is 33.8. The van der Waals surface area contributed by atoms with E-state index in [4.69, 9.17) is 14.1 Å². The summed E-state index contributed by atoms with van der Waals surface area (Å²) in [7, 11) is 0. The quantitative estimate of drug-likeness (QED) is 0.154. The first-order valence-electron chi connectivity index (χ1n) is 19.0. The third-order valence-corrected chi connectivity index (χ3v) is 9.96. The molecule has 0 aliphatic heterocycles. The van der Waals surface area contributed by atoms with Crippen molar-refractivity contribution in [3.63, 3.8) is 0 Å².